The fourth-order valence-corrected chi connectivity index (χ4v) is 4.20. The van der Waals surface area contributed by atoms with E-state index in [-0.39, 0.29) is 19.4 Å². The minimum absolute atomic E-state index is 0.110. The van der Waals surface area contributed by atoms with Gasteiger partial charge < -0.3 is 37.1 Å². The number of nitrogens with zero attached hydrogens (tertiary/aromatic N) is 1. The molecule has 35 heavy (non-hydrogen) atoms. The predicted octanol–water partition coefficient (Wildman–Crippen LogP) is -1.02. The van der Waals surface area contributed by atoms with Crippen LogP contribution in [0.4, 0.5) is 0 Å². The smallest absolute Gasteiger partial charge is 0.326 e. The Labute approximate surface area is 201 Å². The van der Waals surface area contributed by atoms with E-state index in [9.17, 15) is 29.1 Å². The van der Waals surface area contributed by atoms with E-state index in [4.69, 9.17) is 11.5 Å². The van der Waals surface area contributed by atoms with Gasteiger partial charge in [0.25, 0.3) is 0 Å². The highest BCUT2D eigenvalue weighted by Crippen LogP contribution is 2.22. The number of hydrogen-bond donors (Lipinski definition) is 6. The number of H-pyrrole nitrogens is 1. The summed E-state index contributed by atoms with van der Waals surface area (Å²) in [7, 11) is 0. The van der Waals surface area contributed by atoms with Gasteiger partial charge in [-0.2, -0.15) is 0 Å². The van der Waals surface area contributed by atoms with Gasteiger partial charge in [0.05, 0.1) is 12.5 Å². The number of likely N-dealkylation sites (tertiary alicyclic amines) is 1. The molecule has 0 saturated carbocycles. The molecular formula is C23H30N6O6. The van der Waals surface area contributed by atoms with E-state index in [1.54, 1.807) is 6.20 Å². The second-order valence-corrected chi connectivity index (χ2v) is 8.66. The highest BCUT2D eigenvalue weighted by Gasteiger charge is 2.38. The Hall–Kier alpha value is -3.93. The summed E-state index contributed by atoms with van der Waals surface area (Å²) in [5, 5.41) is 15.4. The number of amides is 4. The molecule has 4 atom stereocenters. The van der Waals surface area contributed by atoms with E-state index >= 15 is 0 Å². The third-order valence-corrected chi connectivity index (χ3v) is 6.04. The third-order valence-electron chi connectivity index (χ3n) is 6.04. The van der Waals surface area contributed by atoms with Gasteiger partial charge >= 0.3 is 5.97 Å². The molecule has 0 radical (unpaired) electrons. The number of nitrogens with one attached hydrogen (secondary N) is 3. The van der Waals surface area contributed by atoms with Crippen molar-refractivity contribution in [3.8, 4) is 0 Å². The summed E-state index contributed by atoms with van der Waals surface area (Å²) in [6, 6.07) is 3.14. The zero-order chi connectivity index (χ0) is 25.7. The van der Waals surface area contributed by atoms with Crippen molar-refractivity contribution in [2.75, 3.05) is 6.54 Å². The SMILES string of the molecule is CC(NC(=O)C(N)CC(N)=O)C(=O)NC(Cc1c[nH]c2ccccc12)C(=O)N1CCCC1C(=O)O. The highest BCUT2D eigenvalue weighted by atomic mass is 16.4. The Kier molecular flexibility index (Phi) is 8.07. The Balaban J connectivity index is 1.79. The number of aromatic amines is 1. The molecule has 0 spiro atoms. The van der Waals surface area contributed by atoms with Crippen LogP contribution in [-0.4, -0.2) is 75.3 Å². The predicted molar refractivity (Wildman–Crippen MR) is 126 cm³/mol. The lowest BCUT2D eigenvalue weighted by molar-refractivity contribution is -0.149. The van der Waals surface area contributed by atoms with Crippen molar-refractivity contribution in [3.05, 3.63) is 36.0 Å². The van der Waals surface area contributed by atoms with Crippen molar-refractivity contribution in [3.63, 3.8) is 0 Å². The fraction of sp³-hybridized carbons (Fsp3) is 0.435. The molecule has 8 N–H and O–H groups in total. The van der Waals surface area contributed by atoms with Gasteiger partial charge in [0, 0.05) is 30.1 Å². The maximum absolute atomic E-state index is 13.4. The summed E-state index contributed by atoms with van der Waals surface area (Å²) in [5.74, 6) is -3.77. The summed E-state index contributed by atoms with van der Waals surface area (Å²) in [6.07, 6.45) is 2.34. The van der Waals surface area contributed by atoms with Crippen LogP contribution in [0.25, 0.3) is 10.9 Å². The normalized spacial score (nSPS) is 18.0. The van der Waals surface area contributed by atoms with Crippen LogP contribution in [0.5, 0.6) is 0 Å². The number of hydrogen-bond acceptors (Lipinski definition) is 6. The lowest BCUT2D eigenvalue weighted by atomic mass is 10.0. The summed E-state index contributed by atoms with van der Waals surface area (Å²) >= 11 is 0. The average Bonchev–Trinajstić information content (AvgIpc) is 3.45. The first-order valence-electron chi connectivity index (χ1n) is 11.3. The van der Waals surface area contributed by atoms with Gasteiger partial charge in [-0.1, -0.05) is 18.2 Å². The summed E-state index contributed by atoms with van der Waals surface area (Å²) in [4.78, 5) is 65.5. The lowest BCUT2D eigenvalue weighted by Crippen LogP contribution is -2.57. The van der Waals surface area contributed by atoms with Gasteiger partial charge in [-0.05, 0) is 31.4 Å². The zero-order valence-corrected chi connectivity index (χ0v) is 19.3. The fourth-order valence-electron chi connectivity index (χ4n) is 4.20. The maximum Gasteiger partial charge on any atom is 0.326 e. The second kappa shape index (κ2) is 11.0. The molecule has 4 amide bonds. The number of aromatic nitrogens is 1. The van der Waals surface area contributed by atoms with E-state index in [0.29, 0.717) is 12.8 Å². The first kappa shape index (κ1) is 25.7. The van der Waals surface area contributed by atoms with Gasteiger partial charge in [0.15, 0.2) is 0 Å². The van der Waals surface area contributed by atoms with Crippen LogP contribution < -0.4 is 22.1 Å². The molecule has 12 heteroatoms. The molecule has 0 aliphatic carbocycles. The number of carboxylic acids is 1. The monoisotopic (exact) mass is 486 g/mol. The molecule has 1 aromatic carbocycles. The van der Waals surface area contributed by atoms with Crippen LogP contribution in [0.15, 0.2) is 30.5 Å². The van der Waals surface area contributed by atoms with E-state index < -0.39 is 53.8 Å². The van der Waals surface area contributed by atoms with Crippen LogP contribution in [0.1, 0.15) is 31.7 Å². The van der Waals surface area contributed by atoms with Gasteiger partial charge in [-0.3, -0.25) is 19.2 Å². The zero-order valence-electron chi connectivity index (χ0n) is 19.3. The number of para-hydroxylation sites is 1. The molecule has 1 fully saturated rings. The number of carbonyl (C=O) groups is 5. The maximum atomic E-state index is 13.4. The third kappa shape index (κ3) is 6.15. The standard InChI is InChI=1S/C23H30N6O6/c1-12(27-21(32)15(24)10-19(25)30)20(31)28-17(22(33)29-8-4-7-18(29)23(34)35)9-13-11-26-16-6-3-2-5-14(13)16/h2-3,5-6,11-12,15,17-18,26H,4,7-10,24H2,1H3,(H2,25,30)(H,27,32)(H,28,31)(H,34,35). The number of carboxylic acid groups (broad SMARTS) is 1. The molecule has 3 rings (SSSR count). The summed E-state index contributed by atoms with van der Waals surface area (Å²) in [5.41, 5.74) is 12.3. The minimum Gasteiger partial charge on any atom is -0.480 e. The van der Waals surface area contributed by atoms with Gasteiger partial charge in [0.2, 0.25) is 23.6 Å². The van der Waals surface area contributed by atoms with Crippen molar-refractivity contribution in [2.45, 2.75) is 56.8 Å². The molecular weight excluding hydrogens is 456 g/mol. The first-order valence-corrected chi connectivity index (χ1v) is 11.3. The molecule has 2 aromatic rings. The molecule has 4 unspecified atom stereocenters. The number of nitrogens with two attached hydrogens (primary N) is 2. The van der Waals surface area contributed by atoms with Crippen molar-refractivity contribution in [1.29, 1.82) is 0 Å². The summed E-state index contributed by atoms with van der Waals surface area (Å²) in [6.45, 7) is 1.68. The van der Waals surface area contributed by atoms with E-state index in [1.165, 1.54) is 11.8 Å². The molecule has 188 valence electrons. The largest absolute Gasteiger partial charge is 0.480 e. The van der Waals surface area contributed by atoms with Gasteiger partial charge in [-0.25, -0.2) is 4.79 Å². The second-order valence-electron chi connectivity index (χ2n) is 8.66. The van der Waals surface area contributed by atoms with Crippen molar-refractivity contribution < 1.29 is 29.1 Å². The molecule has 1 aliphatic heterocycles. The van der Waals surface area contributed by atoms with Crippen LogP contribution in [-0.2, 0) is 30.4 Å². The van der Waals surface area contributed by atoms with Gasteiger partial charge in [0.1, 0.15) is 18.1 Å². The Morgan fingerprint density at radius 3 is 2.57 bits per heavy atom. The highest BCUT2D eigenvalue weighted by molar-refractivity contribution is 5.95. The van der Waals surface area contributed by atoms with Crippen molar-refractivity contribution in [1.82, 2.24) is 20.5 Å². The minimum atomic E-state index is -1.22. The quantitative estimate of drug-likeness (QED) is 0.247. The van der Waals surface area contributed by atoms with Crippen LogP contribution in [0.2, 0.25) is 0 Å². The van der Waals surface area contributed by atoms with Crippen molar-refractivity contribution >= 4 is 40.5 Å². The van der Waals surface area contributed by atoms with Crippen LogP contribution in [0, 0.1) is 0 Å². The van der Waals surface area contributed by atoms with E-state index in [1.807, 2.05) is 24.3 Å². The van der Waals surface area contributed by atoms with E-state index in [2.05, 4.69) is 15.6 Å². The van der Waals surface area contributed by atoms with Gasteiger partial charge in [-0.15, -0.1) is 0 Å². The number of carbonyl (C=O) groups excluding carboxylic acids is 4. The molecule has 1 aromatic heterocycles. The number of benzene rings is 1. The van der Waals surface area contributed by atoms with E-state index in [0.717, 1.165) is 16.5 Å². The average molecular weight is 487 g/mol. The van der Waals surface area contributed by atoms with Crippen LogP contribution in [0.3, 0.4) is 0 Å². The topological polar surface area (TPSA) is 201 Å². The lowest BCUT2D eigenvalue weighted by Gasteiger charge is -2.28. The summed E-state index contributed by atoms with van der Waals surface area (Å²) < 4.78 is 0. The molecule has 1 saturated heterocycles. The Bertz CT molecular complexity index is 1130. The number of fused-ring (bicyclic) bond motifs is 1. The molecule has 1 aliphatic rings. The Morgan fingerprint density at radius 1 is 1.17 bits per heavy atom. The Morgan fingerprint density at radius 2 is 1.89 bits per heavy atom. The van der Waals surface area contributed by atoms with Crippen LogP contribution >= 0.6 is 0 Å². The first-order chi connectivity index (χ1) is 16.6. The molecule has 0 bridgehead atoms. The number of rotatable bonds is 10. The number of primary amides is 1. The van der Waals surface area contributed by atoms with Crippen molar-refractivity contribution in [2.24, 2.45) is 11.5 Å². The number of aliphatic carboxylic acids is 1. The molecule has 2 heterocycles. The molecule has 12 nitrogen and oxygen atoms in total.